The van der Waals surface area contributed by atoms with Crippen LogP contribution in [0.1, 0.15) is 44.6 Å². The third-order valence-electron chi connectivity index (χ3n) is 5.06. The number of hydrogen-bond acceptors (Lipinski definition) is 4. The van der Waals surface area contributed by atoms with Gasteiger partial charge in [-0.05, 0) is 24.8 Å². The van der Waals surface area contributed by atoms with Crippen LogP contribution < -0.4 is 0 Å². The normalized spacial score (nSPS) is 27.2. The molecule has 0 N–H and O–H groups in total. The smallest absolute Gasteiger partial charge is 0.318 e. The van der Waals surface area contributed by atoms with Crippen molar-refractivity contribution in [2.24, 2.45) is 5.92 Å². The first-order valence-electron chi connectivity index (χ1n) is 8.69. The summed E-state index contributed by atoms with van der Waals surface area (Å²) in [6, 6.07) is 10.6. The standard InChI is InChI=1S/C19H25NO3/c1-2-3-11-23-19(22)18-16-10-9-15(12-17(18)21)20(16)13-14-7-5-4-6-8-14/h4-8,15-16,18H,2-3,9-13H2,1H3/t15-,16+,18?/m0/s1. The molecule has 0 aliphatic carbocycles. The van der Waals surface area contributed by atoms with Gasteiger partial charge in [0.15, 0.2) is 0 Å². The van der Waals surface area contributed by atoms with Gasteiger partial charge in [-0.3, -0.25) is 14.5 Å². The lowest BCUT2D eigenvalue weighted by molar-refractivity contribution is -0.157. The lowest BCUT2D eigenvalue weighted by Crippen LogP contribution is -2.51. The Morgan fingerprint density at radius 3 is 2.78 bits per heavy atom. The van der Waals surface area contributed by atoms with Crippen LogP contribution in [-0.2, 0) is 20.9 Å². The number of rotatable bonds is 6. The van der Waals surface area contributed by atoms with E-state index in [1.807, 2.05) is 18.2 Å². The summed E-state index contributed by atoms with van der Waals surface area (Å²) in [6.45, 7) is 3.29. The highest BCUT2D eigenvalue weighted by molar-refractivity contribution is 6.01. The van der Waals surface area contributed by atoms with Crippen molar-refractivity contribution in [2.45, 2.75) is 57.7 Å². The van der Waals surface area contributed by atoms with Crippen molar-refractivity contribution < 1.29 is 14.3 Å². The molecule has 2 aliphatic heterocycles. The molecule has 4 nitrogen and oxygen atoms in total. The fourth-order valence-electron chi connectivity index (χ4n) is 3.85. The van der Waals surface area contributed by atoms with E-state index in [9.17, 15) is 9.59 Å². The third kappa shape index (κ3) is 3.47. The summed E-state index contributed by atoms with van der Waals surface area (Å²) in [5.41, 5.74) is 1.23. The molecule has 1 unspecified atom stereocenters. The van der Waals surface area contributed by atoms with Crippen LogP contribution in [0.5, 0.6) is 0 Å². The van der Waals surface area contributed by atoms with E-state index in [2.05, 4.69) is 24.0 Å². The molecule has 3 atom stereocenters. The Hall–Kier alpha value is -1.68. The Morgan fingerprint density at radius 1 is 1.26 bits per heavy atom. The molecule has 0 radical (unpaired) electrons. The maximum absolute atomic E-state index is 12.4. The predicted octanol–water partition coefficient (Wildman–Crippen LogP) is 2.95. The molecule has 2 heterocycles. The number of ether oxygens (including phenoxy) is 1. The van der Waals surface area contributed by atoms with Gasteiger partial charge in [-0.1, -0.05) is 43.7 Å². The van der Waals surface area contributed by atoms with E-state index in [0.29, 0.717) is 13.0 Å². The second kappa shape index (κ2) is 7.26. The van der Waals surface area contributed by atoms with E-state index < -0.39 is 5.92 Å². The molecule has 0 saturated carbocycles. The second-order valence-electron chi connectivity index (χ2n) is 6.63. The first kappa shape index (κ1) is 16.2. The van der Waals surface area contributed by atoms with Crippen molar-refractivity contribution in [1.82, 2.24) is 4.90 Å². The molecule has 0 amide bonds. The zero-order valence-electron chi connectivity index (χ0n) is 13.7. The molecule has 4 heteroatoms. The Morgan fingerprint density at radius 2 is 2.04 bits per heavy atom. The van der Waals surface area contributed by atoms with Crippen molar-refractivity contribution in [1.29, 1.82) is 0 Å². The number of ketones is 1. The summed E-state index contributed by atoms with van der Waals surface area (Å²) in [5.74, 6) is -0.829. The van der Waals surface area contributed by atoms with Gasteiger partial charge in [-0.25, -0.2) is 0 Å². The van der Waals surface area contributed by atoms with Crippen LogP contribution in [0.15, 0.2) is 30.3 Å². The highest BCUT2D eigenvalue weighted by atomic mass is 16.5. The number of benzene rings is 1. The lowest BCUT2D eigenvalue weighted by Gasteiger charge is -2.38. The van der Waals surface area contributed by atoms with E-state index in [0.717, 1.165) is 32.2 Å². The number of unbranched alkanes of at least 4 members (excludes halogenated alkanes) is 1. The molecule has 3 rings (SSSR count). The van der Waals surface area contributed by atoms with Crippen molar-refractivity contribution in [3.8, 4) is 0 Å². The summed E-state index contributed by atoms with van der Waals surface area (Å²) in [5, 5.41) is 0. The first-order valence-corrected chi connectivity index (χ1v) is 8.69. The van der Waals surface area contributed by atoms with Crippen LogP contribution in [0.2, 0.25) is 0 Å². The van der Waals surface area contributed by atoms with Gasteiger partial charge in [0, 0.05) is 25.0 Å². The van der Waals surface area contributed by atoms with Gasteiger partial charge in [-0.15, -0.1) is 0 Å². The molecule has 2 saturated heterocycles. The van der Waals surface area contributed by atoms with Crippen LogP contribution in [0.4, 0.5) is 0 Å². The van der Waals surface area contributed by atoms with E-state index in [4.69, 9.17) is 4.74 Å². The van der Waals surface area contributed by atoms with Crippen LogP contribution in [0.3, 0.4) is 0 Å². The Balaban J connectivity index is 1.71. The Bertz CT molecular complexity index is 557. The van der Waals surface area contributed by atoms with Gasteiger partial charge >= 0.3 is 5.97 Å². The fourth-order valence-corrected chi connectivity index (χ4v) is 3.85. The second-order valence-corrected chi connectivity index (χ2v) is 6.63. The van der Waals surface area contributed by atoms with Gasteiger partial charge in [0.05, 0.1) is 6.61 Å². The van der Waals surface area contributed by atoms with Crippen molar-refractivity contribution in [2.75, 3.05) is 6.61 Å². The average Bonchev–Trinajstić information content (AvgIpc) is 2.82. The number of piperidine rings is 1. The molecule has 1 aromatic carbocycles. The number of nitrogens with zero attached hydrogens (tertiary/aromatic N) is 1. The third-order valence-corrected chi connectivity index (χ3v) is 5.06. The van der Waals surface area contributed by atoms with E-state index in [-0.39, 0.29) is 23.8 Å². The Labute approximate surface area is 137 Å². The van der Waals surface area contributed by atoms with Gasteiger partial charge in [0.1, 0.15) is 11.7 Å². The zero-order valence-corrected chi connectivity index (χ0v) is 13.7. The number of fused-ring (bicyclic) bond motifs is 2. The van der Waals surface area contributed by atoms with Crippen LogP contribution in [0.25, 0.3) is 0 Å². The molecule has 2 bridgehead atoms. The van der Waals surface area contributed by atoms with E-state index in [1.54, 1.807) is 0 Å². The maximum Gasteiger partial charge on any atom is 0.318 e. The predicted molar refractivity (Wildman–Crippen MR) is 87.8 cm³/mol. The van der Waals surface area contributed by atoms with Gasteiger partial charge in [0.2, 0.25) is 0 Å². The van der Waals surface area contributed by atoms with Crippen LogP contribution >= 0.6 is 0 Å². The summed E-state index contributed by atoms with van der Waals surface area (Å²) < 4.78 is 5.36. The molecule has 1 aromatic rings. The molecule has 0 spiro atoms. The number of esters is 1. The average molecular weight is 315 g/mol. The van der Waals surface area contributed by atoms with Crippen molar-refractivity contribution in [3.05, 3.63) is 35.9 Å². The molecular weight excluding hydrogens is 290 g/mol. The topological polar surface area (TPSA) is 46.6 Å². The quantitative estimate of drug-likeness (QED) is 0.460. The van der Waals surface area contributed by atoms with Crippen LogP contribution in [-0.4, -0.2) is 35.3 Å². The SMILES string of the molecule is CCCCOC(=O)C1C(=O)C[C@@H]2CC[C@H]1N2Cc1ccccc1. The number of carbonyl (C=O) groups is 2. The van der Waals surface area contributed by atoms with Gasteiger partial charge in [0.25, 0.3) is 0 Å². The fraction of sp³-hybridized carbons (Fsp3) is 0.579. The maximum atomic E-state index is 12.4. The van der Waals surface area contributed by atoms with Gasteiger partial charge in [-0.2, -0.15) is 0 Å². The highest BCUT2D eigenvalue weighted by Gasteiger charge is 2.50. The molecule has 2 aliphatic rings. The largest absolute Gasteiger partial charge is 0.465 e. The zero-order chi connectivity index (χ0) is 16.2. The molecule has 124 valence electrons. The van der Waals surface area contributed by atoms with Gasteiger partial charge < -0.3 is 4.74 Å². The minimum absolute atomic E-state index is 0.00980. The number of Topliss-reactive ketones (excluding diaryl/α,β-unsaturated/α-hetero) is 1. The summed E-state index contributed by atoms with van der Waals surface area (Å²) >= 11 is 0. The van der Waals surface area contributed by atoms with Crippen molar-refractivity contribution >= 4 is 11.8 Å². The summed E-state index contributed by atoms with van der Waals surface area (Å²) in [4.78, 5) is 27.1. The lowest BCUT2D eigenvalue weighted by atomic mass is 9.88. The number of hydrogen-bond donors (Lipinski definition) is 0. The van der Waals surface area contributed by atoms with E-state index >= 15 is 0 Å². The Kier molecular flexibility index (Phi) is 5.11. The molecule has 23 heavy (non-hydrogen) atoms. The monoisotopic (exact) mass is 315 g/mol. The number of carbonyl (C=O) groups excluding carboxylic acids is 2. The molecular formula is C19H25NO3. The van der Waals surface area contributed by atoms with Crippen molar-refractivity contribution in [3.63, 3.8) is 0 Å². The minimum atomic E-state index is -0.589. The van der Waals surface area contributed by atoms with Crippen LogP contribution in [0, 0.1) is 5.92 Å². The summed E-state index contributed by atoms with van der Waals surface area (Å²) in [6.07, 6.45) is 4.24. The summed E-state index contributed by atoms with van der Waals surface area (Å²) in [7, 11) is 0. The van der Waals surface area contributed by atoms with E-state index in [1.165, 1.54) is 5.56 Å². The molecule has 0 aromatic heterocycles. The highest BCUT2D eigenvalue weighted by Crippen LogP contribution is 2.39. The molecule has 2 fully saturated rings. The first-order chi connectivity index (χ1) is 11.2. The minimum Gasteiger partial charge on any atom is -0.465 e.